The van der Waals surface area contributed by atoms with E-state index < -0.39 is 17.2 Å². The van der Waals surface area contributed by atoms with Crippen LogP contribution in [0.1, 0.15) is 45.0 Å². The summed E-state index contributed by atoms with van der Waals surface area (Å²) in [6.07, 6.45) is 1.61. The Bertz CT molecular complexity index is 826. The van der Waals surface area contributed by atoms with Crippen molar-refractivity contribution in [1.29, 1.82) is 0 Å². The Balaban J connectivity index is 2.39. The molecule has 0 saturated carbocycles. The molecule has 0 aliphatic heterocycles. The number of amides is 2. The monoisotopic (exact) mass is 357 g/mol. The highest BCUT2D eigenvalue weighted by molar-refractivity contribution is 6.45. The van der Waals surface area contributed by atoms with Crippen LogP contribution in [0.2, 0.25) is 0 Å². The number of likely N-dealkylation sites (N-methyl/N-ethyl adjacent to an activating group) is 1. The summed E-state index contributed by atoms with van der Waals surface area (Å²) < 4.78 is 1.74. The molecule has 2 amide bonds. The van der Waals surface area contributed by atoms with Crippen molar-refractivity contribution in [3.63, 3.8) is 0 Å². The summed E-state index contributed by atoms with van der Waals surface area (Å²) in [5, 5.41) is 3.37. The number of rotatable bonds is 6. The Morgan fingerprint density at radius 2 is 1.69 bits per heavy atom. The highest BCUT2D eigenvalue weighted by Crippen LogP contribution is 2.22. The van der Waals surface area contributed by atoms with E-state index in [1.807, 2.05) is 52.8 Å². The molecule has 6 nitrogen and oxygen atoms in total. The first kappa shape index (κ1) is 19.7. The summed E-state index contributed by atoms with van der Waals surface area (Å²) in [6.45, 7) is 10.7. The molecule has 0 atom stereocenters. The van der Waals surface area contributed by atoms with Gasteiger partial charge in [0.25, 0.3) is 11.7 Å². The lowest BCUT2D eigenvalue weighted by Gasteiger charge is -2.19. The minimum atomic E-state index is -0.643. The Kier molecular flexibility index (Phi) is 5.85. The molecular weight excluding hydrogens is 330 g/mol. The fourth-order valence-electron chi connectivity index (χ4n) is 2.90. The van der Waals surface area contributed by atoms with Gasteiger partial charge >= 0.3 is 0 Å². The van der Waals surface area contributed by atoms with Crippen molar-refractivity contribution in [2.75, 3.05) is 13.1 Å². The minimum Gasteiger partial charge on any atom is -0.345 e. The van der Waals surface area contributed by atoms with Crippen molar-refractivity contribution in [3.8, 4) is 0 Å². The normalized spacial score (nSPS) is 11.4. The van der Waals surface area contributed by atoms with Crippen molar-refractivity contribution in [2.45, 2.75) is 46.7 Å². The predicted octanol–water partition coefficient (Wildman–Crippen LogP) is 2.61. The molecule has 1 aromatic carbocycles. The average molecular weight is 357 g/mol. The van der Waals surface area contributed by atoms with E-state index in [1.54, 1.807) is 21.7 Å². The smallest absolute Gasteiger partial charge is 0.292 e. The fourth-order valence-corrected chi connectivity index (χ4v) is 2.90. The fraction of sp³-hybridized carbons (Fsp3) is 0.450. The number of hydrogen-bond acceptors (Lipinski definition) is 3. The number of aromatic nitrogens is 1. The van der Waals surface area contributed by atoms with Crippen LogP contribution in [0, 0.1) is 0 Å². The van der Waals surface area contributed by atoms with Crippen LogP contribution in [0.4, 0.5) is 0 Å². The summed E-state index contributed by atoms with van der Waals surface area (Å²) in [5.74, 6) is -1.26. The number of ketones is 1. The number of carbonyl (C=O) groups excluding carboxylic acids is 3. The summed E-state index contributed by atoms with van der Waals surface area (Å²) in [5.41, 5.74) is 0.582. The molecule has 1 aromatic heterocycles. The third-order valence-electron chi connectivity index (χ3n) is 4.15. The van der Waals surface area contributed by atoms with Gasteiger partial charge in [-0.1, -0.05) is 18.2 Å². The molecule has 0 fully saturated rings. The lowest BCUT2D eigenvalue weighted by Crippen LogP contribution is -2.44. The summed E-state index contributed by atoms with van der Waals surface area (Å²) in [4.78, 5) is 39.1. The molecule has 0 saturated heterocycles. The van der Waals surface area contributed by atoms with Crippen LogP contribution in [0.15, 0.2) is 30.5 Å². The molecular formula is C20H27N3O3. The zero-order chi connectivity index (χ0) is 19.5. The van der Waals surface area contributed by atoms with Gasteiger partial charge in [0.2, 0.25) is 5.91 Å². The number of benzene rings is 1. The van der Waals surface area contributed by atoms with Crippen LogP contribution in [0.3, 0.4) is 0 Å². The summed E-state index contributed by atoms with van der Waals surface area (Å²) >= 11 is 0. The van der Waals surface area contributed by atoms with Crippen molar-refractivity contribution in [2.24, 2.45) is 0 Å². The van der Waals surface area contributed by atoms with E-state index in [9.17, 15) is 14.4 Å². The number of carbonyl (C=O) groups is 3. The maximum atomic E-state index is 12.7. The van der Waals surface area contributed by atoms with Gasteiger partial charge in [-0.25, -0.2) is 0 Å². The second kappa shape index (κ2) is 7.72. The Morgan fingerprint density at radius 3 is 2.27 bits per heavy atom. The Labute approximate surface area is 154 Å². The third-order valence-corrected chi connectivity index (χ3v) is 4.15. The highest BCUT2D eigenvalue weighted by atomic mass is 16.2. The molecule has 140 valence electrons. The van der Waals surface area contributed by atoms with Gasteiger partial charge in [0.15, 0.2) is 0 Å². The third kappa shape index (κ3) is 4.31. The standard InChI is InChI=1S/C20H27N3O3/c1-6-22(7-2)17(24)13-23-12-15(14-10-8-9-11-16(14)23)18(25)19(26)21-20(3,4)5/h8-12H,6-7,13H2,1-5H3,(H,21,26). The van der Waals surface area contributed by atoms with Crippen molar-refractivity contribution >= 4 is 28.5 Å². The summed E-state index contributed by atoms with van der Waals surface area (Å²) in [7, 11) is 0. The van der Waals surface area contributed by atoms with Crippen molar-refractivity contribution < 1.29 is 14.4 Å². The van der Waals surface area contributed by atoms with E-state index in [-0.39, 0.29) is 12.5 Å². The topological polar surface area (TPSA) is 71.4 Å². The van der Waals surface area contributed by atoms with Gasteiger partial charge in [0, 0.05) is 35.7 Å². The minimum absolute atomic E-state index is 0.0195. The zero-order valence-electron chi connectivity index (χ0n) is 16.1. The number of nitrogens with zero attached hydrogens (tertiary/aromatic N) is 2. The van der Waals surface area contributed by atoms with Crippen LogP contribution in [0.25, 0.3) is 10.9 Å². The van der Waals surface area contributed by atoms with E-state index in [0.29, 0.717) is 24.0 Å². The Morgan fingerprint density at radius 1 is 1.08 bits per heavy atom. The van der Waals surface area contributed by atoms with Gasteiger partial charge in [-0.3, -0.25) is 14.4 Å². The van der Waals surface area contributed by atoms with Crippen LogP contribution < -0.4 is 5.32 Å². The van der Waals surface area contributed by atoms with E-state index in [2.05, 4.69) is 5.32 Å². The van der Waals surface area contributed by atoms with E-state index in [0.717, 1.165) is 5.52 Å². The molecule has 1 N–H and O–H groups in total. The first-order valence-corrected chi connectivity index (χ1v) is 8.90. The van der Waals surface area contributed by atoms with E-state index in [1.165, 1.54) is 0 Å². The van der Waals surface area contributed by atoms with Crippen molar-refractivity contribution in [1.82, 2.24) is 14.8 Å². The van der Waals surface area contributed by atoms with Gasteiger partial charge in [-0.15, -0.1) is 0 Å². The molecule has 0 bridgehead atoms. The quantitative estimate of drug-likeness (QED) is 0.638. The van der Waals surface area contributed by atoms with Gasteiger partial charge in [0.1, 0.15) is 6.54 Å². The number of nitrogens with one attached hydrogen (secondary N) is 1. The zero-order valence-corrected chi connectivity index (χ0v) is 16.1. The van der Waals surface area contributed by atoms with E-state index in [4.69, 9.17) is 0 Å². The molecule has 6 heteroatoms. The SMILES string of the molecule is CCN(CC)C(=O)Cn1cc(C(=O)C(=O)NC(C)(C)C)c2ccccc21. The lowest BCUT2D eigenvalue weighted by molar-refractivity contribution is -0.131. The molecule has 1 heterocycles. The molecule has 2 aromatic rings. The first-order valence-electron chi connectivity index (χ1n) is 8.90. The number of fused-ring (bicyclic) bond motifs is 1. The second-order valence-electron chi connectivity index (χ2n) is 7.29. The molecule has 0 spiro atoms. The molecule has 26 heavy (non-hydrogen) atoms. The van der Waals surface area contributed by atoms with Crippen LogP contribution >= 0.6 is 0 Å². The number of hydrogen-bond donors (Lipinski definition) is 1. The van der Waals surface area contributed by atoms with Gasteiger partial charge in [-0.05, 0) is 40.7 Å². The average Bonchev–Trinajstić information content (AvgIpc) is 2.92. The molecule has 0 unspecified atom stereocenters. The molecule has 0 radical (unpaired) electrons. The van der Waals surface area contributed by atoms with Gasteiger partial charge in [-0.2, -0.15) is 0 Å². The van der Waals surface area contributed by atoms with Crippen LogP contribution in [0.5, 0.6) is 0 Å². The molecule has 2 rings (SSSR count). The molecule has 0 aliphatic carbocycles. The lowest BCUT2D eigenvalue weighted by atomic mass is 10.1. The highest BCUT2D eigenvalue weighted by Gasteiger charge is 2.25. The largest absolute Gasteiger partial charge is 0.345 e. The number of para-hydroxylation sites is 1. The van der Waals surface area contributed by atoms with Crippen LogP contribution in [-0.4, -0.2) is 45.7 Å². The Hall–Kier alpha value is -2.63. The van der Waals surface area contributed by atoms with Gasteiger partial charge in [0.05, 0.1) is 5.56 Å². The predicted molar refractivity (Wildman–Crippen MR) is 102 cm³/mol. The second-order valence-corrected chi connectivity index (χ2v) is 7.29. The van der Waals surface area contributed by atoms with Crippen molar-refractivity contribution in [3.05, 3.63) is 36.0 Å². The summed E-state index contributed by atoms with van der Waals surface area (Å²) in [6, 6.07) is 7.32. The number of Topliss-reactive ketones (excluding diaryl/α,β-unsaturated/α-hetero) is 1. The molecule has 0 aliphatic rings. The maximum Gasteiger partial charge on any atom is 0.292 e. The van der Waals surface area contributed by atoms with E-state index >= 15 is 0 Å². The van der Waals surface area contributed by atoms with Crippen LogP contribution in [-0.2, 0) is 16.1 Å². The van der Waals surface area contributed by atoms with Gasteiger partial charge < -0.3 is 14.8 Å². The first-order chi connectivity index (χ1) is 12.2. The maximum absolute atomic E-state index is 12.7.